The van der Waals surface area contributed by atoms with E-state index in [2.05, 4.69) is 23.8 Å². The van der Waals surface area contributed by atoms with Crippen LogP contribution < -0.4 is 4.74 Å². The number of fused-ring (bicyclic) bond motifs is 1. The fraction of sp³-hybridized carbons (Fsp3) is 0.647. The first-order valence-corrected chi connectivity index (χ1v) is 8.60. The van der Waals surface area contributed by atoms with Gasteiger partial charge in [0.25, 0.3) is 0 Å². The molecule has 0 saturated carbocycles. The van der Waals surface area contributed by atoms with Gasteiger partial charge in [0, 0.05) is 32.9 Å². The van der Waals surface area contributed by atoms with E-state index in [0.717, 1.165) is 30.9 Å². The van der Waals surface area contributed by atoms with Gasteiger partial charge in [-0.2, -0.15) is 4.98 Å². The fourth-order valence-corrected chi connectivity index (χ4v) is 3.09. The van der Waals surface area contributed by atoms with Crippen LogP contribution in [0.25, 0.3) is 11.2 Å². The Kier molecular flexibility index (Phi) is 4.69. The summed E-state index contributed by atoms with van der Waals surface area (Å²) in [7, 11) is 1.97. The van der Waals surface area contributed by atoms with E-state index in [9.17, 15) is 4.79 Å². The van der Waals surface area contributed by atoms with Gasteiger partial charge in [0.15, 0.2) is 11.2 Å². The van der Waals surface area contributed by atoms with Crippen molar-refractivity contribution in [3.63, 3.8) is 0 Å². The maximum Gasteiger partial charge on any atom is 0.245 e. The van der Waals surface area contributed by atoms with Crippen molar-refractivity contribution in [3.05, 3.63) is 12.2 Å². The molecule has 1 amide bonds. The normalized spacial score (nSPS) is 17.9. The molecule has 1 unspecified atom stereocenters. The summed E-state index contributed by atoms with van der Waals surface area (Å²) >= 11 is 0. The third-order valence-electron chi connectivity index (χ3n) is 4.38. The highest BCUT2D eigenvalue weighted by molar-refractivity contribution is 5.77. The number of imidazole rings is 1. The number of aromatic nitrogens is 4. The Hall–Kier alpha value is -2.18. The number of hydrogen-bond donors (Lipinski definition) is 0. The maximum atomic E-state index is 11.8. The summed E-state index contributed by atoms with van der Waals surface area (Å²) in [6, 6.07) is 0. The van der Waals surface area contributed by atoms with Crippen LogP contribution in [0.2, 0.25) is 0 Å². The molecule has 1 atom stereocenters. The molecule has 0 aliphatic carbocycles. The van der Waals surface area contributed by atoms with E-state index in [1.165, 1.54) is 6.33 Å². The van der Waals surface area contributed by atoms with Crippen LogP contribution in [0.3, 0.4) is 0 Å². The van der Waals surface area contributed by atoms with Gasteiger partial charge in [-0.3, -0.25) is 4.79 Å². The van der Waals surface area contributed by atoms with Crippen molar-refractivity contribution in [2.45, 2.75) is 46.1 Å². The van der Waals surface area contributed by atoms with Crippen molar-refractivity contribution in [2.75, 3.05) is 13.1 Å². The van der Waals surface area contributed by atoms with Crippen LogP contribution >= 0.6 is 0 Å². The molecule has 1 saturated heterocycles. The third-order valence-corrected chi connectivity index (χ3v) is 4.38. The number of carbonyl (C=O) groups excluding carboxylic acids is 1. The van der Waals surface area contributed by atoms with Crippen LogP contribution in [0.15, 0.2) is 6.33 Å². The zero-order valence-corrected chi connectivity index (χ0v) is 14.8. The Balaban J connectivity index is 1.81. The first-order chi connectivity index (χ1) is 11.5. The van der Waals surface area contributed by atoms with Gasteiger partial charge >= 0.3 is 0 Å². The number of nitrogens with zero attached hydrogens (tertiary/aromatic N) is 5. The average Bonchev–Trinajstić information content (AvgIpc) is 3.13. The number of hydrogen-bond acceptors (Lipinski definition) is 5. The number of ether oxygens (including phenoxy) is 1. The number of amides is 1. The number of aryl methyl sites for hydroxylation is 1. The molecule has 7 nitrogen and oxygen atoms in total. The second kappa shape index (κ2) is 6.75. The van der Waals surface area contributed by atoms with Gasteiger partial charge in [-0.05, 0) is 5.92 Å². The Morgan fingerprint density at radius 3 is 2.92 bits per heavy atom. The minimum absolute atomic E-state index is 0.0332. The second-order valence-electron chi connectivity index (χ2n) is 6.76. The van der Waals surface area contributed by atoms with Crippen molar-refractivity contribution in [1.29, 1.82) is 0 Å². The van der Waals surface area contributed by atoms with E-state index in [0.29, 0.717) is 30.3 Å². The molecule has 2 aromatic heterocycles. The predicted octanol–water partition coefficient (Wildman–Crippen LogP) is 1.95. The van der Waals surface area contributed by atoms with Gasteiger partial charge in [0.2, 0.25) is 11.8 Å². The summed E-state index contributed by atoms with van der Waals surface area (Å²) in [5, 5.41) is 0. The minimum atomic E-state index is -0.0332. The molecule has 1 aliphatic rings. The molecule has 1 aliphatic heterocycles. The first kappa shape index (κ1) is 16.7. The molecule has 0 spiro atoms. The monoisotopic (exact) mass is 331 g/mol. The number of likely N-dealkylation sites (tertiary alicyclic amines) is 1. The van der Waals surface area contributed by atoms with Gasteiger partial charge in [0.05, 0.1) is 6.54 Å². The molecule has 0 N–H and O–H groups in total. The van der Waals surface area contributed by atoms with Crippen molar-refractivity contribution in [2.24, 2.45) is 13.0 Å². The Labute approximate surface area is 142 Å². The quantitative estimate of drug-likeness (QED) is 0.837. The molecule has 3 heterocycles. The first-order valence-electron chi connectivity index (χ1n) is 8.60. The van der Waals surface area contributed by atoms with Crippen LogP contribution in [0, 0.1) is 5.92 Å². The standard InChI is InChI=1S/C17H25N5O2/c1-5-14(23)22-7-6-12(9-22)24-17-15-16(18-10-19-17)21(4)13(20-15)8-11(2)3/h10-12H,5-9H2,1-4H3. The van der Waals surface area contributed by atoms with Crippen molar-refractivity contribution < 1.29 is 9.53 Å². The second-order valence-corrected chi connectivity index (χ2v) is 6.76. The molecule has 1 fully saturated rings. The van der Waals surface area contributed by atoms with Gasteiger partial charge in [-0.15, -0.1) is 0 Å². The molecule has 0 aromatic carbocycles. The SMILES string of the molecule is CCC(=O)N1CCC(Oc2ncnc3c2nc(CC(C)C)n3C)C1. The highest BCUT2D eigenvalue weighted by atomic mass is 16.5. The molecule has 3 rings (SSSR count). The van der Waals surface area contributed by atoms with Gasteiger partial charge in [-0.25, -0.2) is 9.97 Å². The van der Waals surface area contributed by atoms with Crippen LogP contribution in [-0.2, 0) is 18.3 Å². The van der Waals surface area contributed by atoms with E-state index in [-0.39, 0.29) is 12.0 Å². The Bertz CT molecular complexity index is 740. The van der Waals surface area contributed by atoms with E-state index in [1.54, 1.807) is 0 Å². The predicted molar refractivity (Wildman–Crippen MR) is 90.8 cm³/mol. The summed E-state index contributed by atoms with van der Waals surface area (Å²) in [5.74, 6) is 2.19. The summed E-state index contributed by atoms with van der Waals surface area (Å²) in [5.41, 5.74) is 1.49. The molecular formula is C17H25N5O2. The Morgan fingerprint density at radius 2 is 2.21 bits per heavy atom. The van der Waals surface area contributed by atoms with Crippen LogP contribution in [-0.4, -0.2) is 49.5 Å². The molecule has 2 aromatic rings. The Morgan fingerprint density at radius 1 is 1.42 bits per heavy atom. The maximum absolute atomic E-state index is 11.8. The van der Waals surface area contributed by atoms with Gasteiger partial charge in [0.1, 0.15) is 18.3 Å². The lowest BCUT2D eigenvalue weighted by Crippen LogP contribution is -2.30. The number of rotatable bonds is 5. The van der Waals surface area contributed by atoms with Crippen molar-refractivity contribution >= 4 is 17.1 Å². The van der Waals surface area contributed by atoms with E-state index in [1.807, 2.05) is 23.4 Å². The average molecular weight is 331 g/mol. The summed E-state index contributed by atoms with van der Waals surface area (Å²) in [6.07, 6.45) is 3.72. The molecule has 24 heavy (non-hydrogen) atoms. The molecule has 130 valence electrons. The summed E-state index contributed by atoms with van der Waals surface area (Å²) < 4.78 is 8.07. The van der Waals surface area contributed by atoms with E-state index >= 15 is 0 Å². The fourth-order valence-electron chi connectivity index (χ4n) is 3.09. The highest BCUT2D eigenvalue weighted by Crippen LogP contribution is 2.25. The lowest BCUT2D eigenvalue weighted by Gasteiger charge is -2.16. The van der Waals surface area contributed by atoms with Crippen molar-refractivity contribution in [1.82, 2.24) is 24.4 Å². The molecule has 7 heteroatoms. The lowest BCUT2D eigenvalue weighted by atomic mass is 10.1. The third kappa shape index (κ3) is 3.20. The van der Waals surface area contributed by atoms with Crippen LogP contribution in [0.5, 0.6) is 5.88 Å². The molecule has 0 radical (unpaired) electrons. The van der Waals surface area contributed by atoms with E-state index < -0.39 is 0 Å². The van der Waals surface area contributed by atoms with Crippen LogP contribution in [0.4, 0.5) is 0 Å². The summed E-state index contributed by atoms with van der Waals surface area (Å²) in [4.78, 5) is 27.0. The lowest BCUT2D eigenvalue weighted by molar-refractivity contribution is -0.130. The highest BCUT2D eigenvalue weighted by Gasteiger charge is 2.28. The largest absolute Gasteiger partial charge is 0.471 e. The van der Waals surface area contributed by atoms with Crippen LogP contribution in [0.1, 0.15) is 39.4 Å². The molecule has 0 bridgehead atoms. The topological polar surface area (TPSA) is 73.1 Å². The number of carbonyl (C=O) groups is 1. The minimum Gasteiger partial charge on any atom is -0.471 e. The van der Waals surface area contributed by atoms with Gasteiger partial charge in [-0.1, -0.05) is 20.8 Å². The van der Waals surface area contributed by atoms with E-state index in [4.69, 9.17) is 9.72 Å². The van der Waals surface area contributed by atoms with Gasteiger partial charge < -0.3 is 14.2 Å². The zero-order valence-electron chi connectivity index (χ0n) is 14.8. The molecular weight excluding hydrogens is 306 g/mol. The van der Waals surface area contributed by atoms with Crippen molar-refractivity contribution in [3.8, 4) is 5.88 Å². The summed E-state index contributed by atoms with van der Waals surface area (Å²) in [6.45, 7) is 7.57. The zero-order chi connectivity index (χ0) is 17.3. The smallest absolute Gasteiger partial charge is 0.245 e.